The summed E-state index contributed by atoms with van der Waals surface area (Å²) in [7, 11) is 4.43. The van der Waals surface area contributed by atoms with E-state index in [1.165, 1.54) is 11.3 Å². The highest BCUT2D eigenvalue weighted by Gasteiger charge is 2.31. The number of rotatable bonds is 3. The molecular formula is C31H35N7O2. The summed E-state index contributed by atoms with van der Waals surface area (Å²) in [5, 5.41) is 10.1. The zero-order chi connectivity index (χ0) is 27.2. The van der Waals surface area contributed by atoms with E-state index in [0.29, 0.717) is 37.9 Å². The molecule has 2 aromatic carbocycles. The van der Waals surface area contributed by atoms with Crippen molar-refractivity contribution in [3.05, 3.63) is 65.9 Å². The van der Waals surface area contributed by atoms with Crippen molar-refractivity contribution in [3.8, 4) is 22.4 Å². The van der Waals surface area contributed by atoms with Gasteiger partial charge in [-0.05, 0) is 55.6 Å². The Morgan fingerprint density at radius 2 is 1.68 bits per heavy atom. The summed E-state index contributed by atoms with van der Waals surface area (Å²) in [6, 6.07) is 17.2. The van der Waals surface area contributed by atoms with Crippen molar-refractivity contribution < 1.29 is 9.53 Å². The highest BCUT2D eigenvalue weighted by molar-refractivity contribution is 5.97. The molecule has 0 bridgehead atoms. The number of ether oxygens (including phenoxy) is 1. The molecule has 1 amide bonds. The highest BCUT2D eigenvalue weighted by atomic mass is 16.5. The summed E-state index contributed by atoms with van der Waals surface area (Å²) in [6.45, 7) is 7.67. The minimum atomic E-state index is 0.0543. The van der Waals surface area contributed by atoms with Crippen LogP contribution in [0.2, 0.25) is 0 Å². The minimum absolute atomic E-state index is 0.0543. The van der Waals surface area contributed by atoms with Crippen LogP contribution in [-0.2, 0) is 11.3 Å². The fourth-order valence-corrected chi connectivity index (χ4v) is 6.39. The van der Waals surface area contributed by atoms with E-state index in [9.17, 15) is 4.79 Å². The molecule has 2 saturated heterocycles. The van der Waals surface area contributed by atoms with Crippen LogP contribution in [0.25, 0.3) is 33.4 Å². The van der Waals surface area contributed by atoms with E-state index in [-0.39, 0.29) is 5.91 Å². The van der Waals surface area contributed by atoms with E-state index in [1.807, 2.05) is 35.4 Å². The van der Waals surface area contributed by atoms with E-state index in [1.54, 1.807) is 0 Å². The Balaban J connectivity index is 1.18. The van der Waals surface area contributed by atoms with Gasteiger partial charge < -0.3 is 24.4 Å². The molecule has 0 radical (unpaired) electrons. The molecule has 3 aliphatic rings. The fourth-order valence-electron chi connectivity index (χ4n) is 6.39. The number of aromatic nitrogens is 3. The van der Waals surface area contributed by atoms with Gasteiger partial charge in [-0.25, -0.2) is 0 Å². The summed E-state index contributed by atoms with van der Waals surface area (Å²) < 4.78 is 5.38. The molecule has 1 atom stereocenters. The number of anilines is 1. The van der Waals surface area contributed by atoms with Gasteiger partial charge >= 0.3 is 0 Å². The molecule has 0 spiro atoms. The number of nitrogens with one attached hydrogen (secondary N) is 1. The van der Waals surface area contributed by atoms with Gasteiger partial charge in [-0.2, -0.15) is 0 Å². The maximum absolute atomic E-state index is 12.9. The van der Waals surface area contributed by atoms with Crippen LogP contribution in [0.4, 0.5) is 5.69 Å². The number of piperazine rings is 1. The molecule has 206 valence electrons. The second-order valence-corrected chi connectivity index (χ2v) is 11.3. The average molecular weight is 538 g/mol. The van der Waals surface area contributed by atoms with Gasteiger partial charge in [0.15, 0.2) is 5.65 Å². The largest absolute Gasteiger partial charge is 0.378 e. The number of hydrogen-bond acceptors (Lipinski definition) is 7. The Hall–Kier alpha value is -3.79. The van der Waals surface area contributed by atoms with Crippen molar-refractivity contribution in [2.24, 2.45) is 0 Å². The Morgan fingerprint density at radius 3 is 2.50 bits per heavy atom. The lowest BCUT2D eigenvalue weighted by Gasteiger charge is -2.41. The molecule has 1 N–H and O–H groups in total. The number of nitrogens with zero attached hydrogens (tertiary/aromatic N) is 6. The van der Waals surface area contributed by atoms with Crippen LogP contribution in [0.1, 0.15) is 15.9 Å². The number of amides is 1. The molecule has 7 rings (SSSR count). The van der Waals surface area contributed by atoms with Crippen LogP contribution < -0.4 is 4.90 Å². The smallest absolute Gasteiger partial charge is 0.254 e. The topological polar surface area (TPSA) is 80.8 Å². The van der Waals surface area contributed by atoms with Crippen molar-refractivity contribution in [3.63, 3.8) is 0 Å². The van der Waals surface area contributed by atoms with Gasteiger partial charge in [-0.15, -0.1) is 10.2 Å². The summed E-state index contributed by atoms with van der Waals surface area (Å²) in [6.07, 6.45) is 1.97. The molecular weight excluding hydrogens is 502 g/mol. The van der Waals surface area contributed by atoms with Crippen molar-refractivity contribution in [1.29, 1.82) is 0 Å². The van der Waals surface area contributed by atoms with Gasteiger partial charge in [-0.1, -0.05) is 18.2 Å². The van der Waals surface area contributed by atoms with E-state index < -0.39 is 0 Å². The van der Waals surface area contributed by atoms with E-state index in [0.717, 1.165) is 66.1 Å². The lowest BCUT2D eigenvalue weighted by Crippen LogP contribution is -2.54. The van der Waals surface area contributed by atoms with Gasteiger partial charge in [0.25, 0.3) is 5.91 Å². The number of benzene rings is 2. The molecule has 40 heavy (non-hydrogen) atoms. The molecule has 2 fully saturated rings. The maximum atomic E-state index is 12.9. The molecule has 9 nitrogen and oxygen atoms in total. The predicted molar refractivity (Wildman–Crippen MR) is 156 cm³/mol. The molecule has 1 unspecified atom stereocenters. The van der Waals surface area contributed by atoms with Crippen molar-refractivity contribution in [1.82, 2.24) is 29.9 Å². The number of likely N-dealkylation sites (N-methyl/N-ethyl adjacent to an activating group) is 2. The zero-order valence-corrected chi connectivity index (χ0v) is 23.1. The van der Waals surface area contributed by atoms with Crippen LogP contribution in [0.5, 0.6) is 0 Å². The fraction of sp³-hybridized carbons (Fsp3) is 0.387. The van der Waals surface area contributed by atoms with Crippen molar-refractivity contribution in [2.45, 2.75) is 12.6 Å². The third-order valence-electron chi connectivity index (χ3n) is 8.51. The molecule has 3 aliphatic heterocycles. The number of morpholine rings is 1. The van der Waals surface area contributed by atoms with Crippen molar-refractivity contribution >= 4 is 22.6 Å². The Morgan fingerprint density at radius 1 is 0.900 bits per heavy atom. The first-order chi connectivity index (χ1) is 19.5. The lowest BCUT2D eigenvalue weighted by atomic mass is 10.0. The van der Waals surface area contributed by atoms with Gasteiger partial charge in [0.2, 0.25) is 0 Å². The number of fused-ring (bicyclic) bond motifs is 4. The molecule has 9 heteroatoms. The summed E-state index contributed by atoms with van der Waals surface area (Å²) in [4.78, 5) is 25.5. The number of hydrogen-bond donors (Lipinski definition) is 1. The standard InChI is InChI=1S/C31H35N7O2/c1-35-9-10-38-25(19-35)20-36(2)18-24-15-23(7-8-29(24)38)28-16-26-27(17-32-30(26)34-33-28)21-3-5-22(6-4-21)31(39)37-11-13-40-14-12-37/h3-8,15-17,25H,9-14,18-20H2,1-2H3,(H,32,34). The normalized spacial score (nSPS) is 20.3. The summed E-state index contributed by atoms with van der Waals surface area (Å²) in [5.74, 6) is 0.0543. The molecule has 0 saturated carbocycles. The third-order valence-corrected chi connectivity index (χ3v) is 8.51. The van der Waals surface area contributed by atoms with Crippen LogP contribution in [0, 0.1) is 0 Å². The first kappa shape index (κ1) is 25.2. The molecule has 5 heterocycles. The lowest BCUT2D eigenvalue weighted by molar-refractivity contribution is 0.0303. The van der Waals surface area contributed by atoms with Gasteiger partial charge in [0.1, 0.15) is 0 Å². The van der Waals surface area contributed by atoms with Crippen molar-refractivity contribution in [2.75, 3.05) is 71.5 Å². The van der Waals surface area contributed by atoms with Crippen LogP contribution in [-0.4, -0.2) is 108 Å². The van der Waals surface area contributed by atoms with E-state index in [2.05, 4.69) is 68.2 Å². The third kappa shape index (κ3) is 4.64. The number of carbonyl (C=O) groups is 1. The summed E-state index contributed by atoms with van der Waals surface area (Å²) >= 11 is 0. The summed E-state index contributed by atoms with van der Waals surface area (Å²) in [5.41, 5.74) is 8.15. The number of aromatic amines is 1. The van der Waals surface area contributed by atoms with Crippen LogP contribution in [0.3, 0.4) is 0 Å². The average Bonchev–Trinajstić information content (AvgIpc) is 3.35. The van der Waals surface area contributed by atoms with Gasteiger partial charge in [0.05, 0.1) is 24.9 Å². The highest BCUT2D eigenvalue weighted by Crippen LogP contribution is 2.34. The first-order valence-electron chi connectivity index (χ1n) is 14.1. The Bertz CT molecular complexity index is 1540. The Kier molecular flexibility index (Phi) is 6.50. The zero-order valence-electron chi connectivity index (χ0n) is 23.1. The predicted octanol–water partition coefficient (Wildman–Crippen LogP) is 3.33. The SMILES string of the molecule is CN1CCN2c3ccc(-c4cc5c(-c6ccc(C(=O)N7CCOCC7)cc6)c[nH]c5nn4)cc3CN(C)CC2C1. The number of carbonyl (C=O) groups excluding carboxylic acids is 1. The molecule has 4 aromatic rings. The van der Waals surface area contributed by atoms with Gasteiger partial charge in [0, 0.05) is 79.8 Å². The quantitative estimate of drug-likeness (QED) is 0.429. The molecule has 0 aliphatic carbocycles. The second-order valence-electron chi connectivity index (χ2n) is 11.3. The number of H-pyrrole nitrogens is 1. The first-order valence-corrected chi connectivity index (χ1v) is 14.1. The maximum Gasteiger partial charge on any atom is 0.254 e. The minimum Gasteiger partial charge on any atom is -0.378 e. The van der Waals surface area contributed by atoms with Gasteiger partial charge in [-0.3, -0.25) is 9.69 Å². The van der Waals surface area contributed by atoms with E-state index >= 15 is 0 Å². The Labute approximate surface area is 234 Å². The second kappa shape index (κ2) is 10.3. The van der Waals surface area contributed by atoms with E-state index in [4.69, 9.17) is 4.74 Å². The monoisotopic (exact) mass is 537 g/mol. The van der Waals surface area contributed by atoms with Crippen LogP contribution in [0.15, 0.2) is 54.7 Å². The molecule has 2 aromatic heterocycles. The van der Waals surface area contributed by atoms with Crippen LogP contribution >= 0.6 is 0 Å².